The Morgan fingerprint density at radius 3 is 2.80 bits per heavy atom. The predicted octanol–water partition coefficient (Wildman–Crippen LogP) is 0.848. The van der Waals surface area contributed by atoms with Crippen molar-refractivity contribution in [1.29, 1.82) is 0 Å². The normalized spacial score (nSPS) is 20.4. The predicted molar refractivity (Wildman–Crippen MR) is 75.2 cm³/mol. The molecule has 2 rings (SSSR count). The molecule has 1 aromatic rings. The maximum Gasteiger partial charge on any atom is 0.279 e. The molecule has 4 nitrogen and oxygen atoms in total. The van der Waals surface area contributed by atoms with E-state index in [4.69, 9.17) is 4.74 Å². The molecule has 2 N–H and O–H groups in total. The fraction of sp³-hybridized carbons (Fsp3) is 0.533. The number of hydrogen-bond acceptors (Lipinski definition) is 2. The first-order chi connectivity index (χ1) is 9.63. The van der Waals surface area contributed by atoms with Gasteiger partial charge in [-0.2, -0.15) is 0 Å². The molecule has 1 fully saturated rings. The highest BCUT2D eigenvalue weighted by molar-refractivity contribution is 5.91. The van der Waals surface area contributed by atoms with E-state index < -0.39 is 0 Å². The van der Waals surface area contributed by atoms with Crippen molar-refractivity contribution in [1.82, 2.24) is 0 Å². The lowest BCUT2D eigenvalue weighted by atomic mass is 10.1. The molecule has 1 amide bonds. The zero-order valence-electron chi connectivity index (χ0n) is 11.8. The first-order valence-electron chi connectivity index (χ1n) is 7.12. The summed E-state index contributed by atoms with van der Waals surface area (Å²) in [5.41, 5.74) is 0.623. The van der Waals surface area contributed by atoms with Crippen molar-refractivity contribution in [2.75, 3.05) is 32.1 Å². The van der Waals surface area contributed by atoms with Crippen molar-refractivity contribution in [2.45, 2.75) is 25.4 Å². The number of rotatable bonds is 5. The highest BCUT2D eigenvalue weighted by atomic mass is 19.1. The molecule has 0 spiro atoms. The molecule has 0 saturated carbocycles. The lowest BCUT2D eigenvalue weighted by Crippen LogP contribution is -3.11. The number of likely N-dealkylation sites (N-methyl/N-ethyl adjacent to an activating group) is 1. The van der Waals surface area contributed by atoms with E-state index in [-0.39, 0.29) is 17.8 Å². The van der Waals surface area contributed by atoms with Crippen LogP contribution in [0.25, 0.3) is 0 Å². The Balaban J connectivity index is 1.74. The second-order valence-corrected chi connectivity index (χ2v) is 5.38. The third-order valence-corrected chi connectivity index (χ3v) is 3.44. The van der Waals surface area contributed by atoms with Crippen LogP contribution in [0.1, 0.15) is 19.3 Å². The standard InChI is InChI=1S/C15H21FN2O2/c1-18(10-14-4-2-3-9-20-14)11-15(19)17-13-7-5-12(16)6-8-13/h5-8,14H,2-4,9-11H2,1H3,(H,17,19)/p+1/t14-/m1/s1. The third-order valence-electron chi connectivity index (χ3n) is 3.44. The van der Waals surface area contributed by atoms with Gasteiger partial charge in [0.2, 0.25) is 0 Å². The minimum Gasteiger partial charge on any atom is -0.372 e. The second kappa shape index (κ2) is 7.36. The van der Waals surface area contributed by atoms with Crippen molar-refractivity contribution in [3.63, 3.8) is 0 Å². The topological polar surface area (TPSA) is 42.8 Å². The Labute approximate surface area is 118 Å². The molecule has 2 atom stereocenters. The van der Waals surface area contributed by atoms with Gasteiger partial charge in [0.25, 0.3) is 5.91 Å². The summed E-state index contributed by atoms with van der Waals surface area (Å²) in [5.74, 6) is -0.370. The molecule has 0 aromatic heterocycles. The summed E-state index contributed by atoms with van der Waals surface area (Å²) in [5, 5.41) is 2.77. The van der Waals surface area contributed by atoms with Crippen molar-refractivity contribution < 1.29 is 18.8 Å². The second-order valence-electron chi connectivity index (χ2n) is 5.38. The molecule has 110 valence electrons. The minimum absolute atomic E-state index is 0.0649. The largest absolute Gasteiger partial charge is 0.372 e. The molecule has 0 bridgehead atoms. The molecule has 1 saturated heterocycles. The average molecular weight is 281 g/mol. The number of carbonyl (C=O) groups excluding carboxylic acids is 1. The molecule has 5 heteroatoms. The Morgan fingerprint density at radius 2 is 2.15 bits per heavy atom. The van der Waals surface area contributed by atoms with Gasteiger partial charge in [0.05, 0.1) is 7.05 Å². The van der Waals surface area contributed by atoms with E-state index in [0.717, 1.165) is 30.9 Å². The van der Waals surface area contributed by atoms with Crippen LogP contribution in [-0.2, 0) is 9.53 Å². The number of halogens is 1. The maximum absolute atomic E-state index is 12.8. The average Bonchev–Trinajstić information content (AvgIpc) is 2.42. The third kappa shape index (κ3) is 4.90. The lowest BCUT2D eigenvalue weighted by molar-refractivity contribution is -0.874. The molecular weight excluding hydrogens is 259 g/mol. The molecule has 1 aliphatic rings. The summed E-state index contributed by atoms with van der Waals surface area (Å²) in [6.07, 6.45) is 3.69. The van der Waals surface area contributed by atoms with E-state index >= 15 is 0 Å². The smallest absolute Gasteiger partial charge is 0.279 e. The van der Waals surface area contributed by atoms with E-state index in [0.29, 0.717) is 12.2 Å². The maximum atomic E-state index is 12.8. The zero-order valence-corrected chi connectivity index (χ0v) is 11.8. The van der Waals surface area contributed by atoms with Crippen molar-refractivity contribution >= 4 is 11.6 Å². The minimum atomic E-state index is -0.305. The van der Waals surface area contributed by atoms with Gasteiger partial charge in [-0.25, -0.2) is 4.39 Å². The first-order valence-corrected chi connectivity index (χ1v) is 7.12. The van der Waals surface area contributed by atoms with Crippen LogP contribution in [0.5, 0.6) is 0 Å². The number of carbonyl (C=O) groups is 1. The van der Waals surface area contributed by atoms with E-state index in [1.807, 2.05) is 7.05 Å². The summed E-state index contributed by atoms with van der Waals surface area (Å²) in [7, 11) is 1.99. The Kier molecular flexibility index (Phi) is 5.49. The number of anilines is 1. The van der Waals surface area contributed by atoms with Crippen molar-refractivity contribution in [2.24, 2.45) is 0 Å². The van der Waals surface area contributed by atoms with Crippen LogP contribution in [0.15, 0.2) is 24.3 Å². The lowest BCUT2D eigenvalue weighted by Gasteiger charge is -2.24. The number of hydrogen-bond donors (Lipinski definition) is 2. The van der Waals surface area contributed by atoms with Crippen LogP contribution >= 0.6 is 0 Å². The van der Waals surface area contributed by atoms with Crippen molar-refractivity contribution in [3.05, 3.63) is 30.1 Å². The monoisotopic (exact) mass is 281 g/mol. The fourth-order valence-corrected chi connectivity index (χ4v) is 2.44. The highest BCUT2D eigenvalue weighted by Crippen LogP contribution is 2.10. The molecule has 1 heterocycles. The first kappa shape index (κ1) is 14.9. The molecular formula is C15H22FN2O2+. The van der Waals surface area contributed by atoms with Gasteiger partial charge in [-0.15, -0.1) is 0 Å². The number of ether oxygens (including phenoxy) is 1. The van der Waals surface area contributed by atoms with Crippen molar-refractivity contribution in [3.8, 4) is 0 Å². The van der Waals surface area contributed by atoms with Gasteiger partial charge < -0.3 is 15.0 Å². The van der Waals surface area contributed by atoms with E-state index in [2.05, 4.69) is 5.32 Å². The molecule has 0 radical (unpaired) electrons. The summed E-state index contributed by atoms with van der Waals surface area (Å²) >= 11 is 0. The number of benzene rings is 1. The van der Waals surface area contributed by atoms with E-state index in [1.165, 1.54) is 18.6 Å². The number of nitrogens with one attached hydrogen (secondary N) is 2. The molecule has 1 unspecified atom stereocenters. The van der Waals surface area contributed by atoms with Crippen LogP contribution in [0.4, 0.5) is 10.1 Å². The quantitative estimate of drug-likeness (QED) is 0.840. The summed E-state index contributed by atoms with van der Waals surface area (Å²) in [4.78, 5) is 13.0. The summed E-state index contributed by atoms with van der Waals surface area (Å²) in [6.45, 7) is 2.06. The summed E-state index contributed by atoms with van der Waals surface area (Å²) in [6, 6.07) is 5.80. The van der Waals surface area contributed by atoms with Gasteiger partial charge in [-0.05, 0) is 43.5 Å². The van der Waals surface area contributed by atoms with Crippen LogP contribution in [-0.4, -0.2) is 38.8 Å². The molecule has 1 aromatic carbocycles. The molecule has 20 heavy (non-hydrogen) atoms. The number of amides is 1. The van der Waals surface area contributed by atoms with Crippen LogP contribution in [0, 0.1) is 5.82 Å². The Morgan fingerprint density at radius 1 is 1.40 bits per heavy atom. The SMILES string of the molecule is C[NH+](CC(=O)Nc1ccc(F)cc1)C[C@H]1CCCCO1. The fourth-order valence-electron chi connectivity index (χ4n) is 2.44. The van der Waals surface area contributed by atoms with Gasteiger partial charge in [0, 0.05) is 12.3 Å². The van der Waals surface area contributed by atoms with E-state index in [9.17, 15) is 9.18 Å². The molecule has 0 aliphatic carbocycles. The van der Waals surface area contributed by atoms with Gasteiger partial charge >= 0.3 is 0 Å². The van der Waals surface area contributed by atoms with Gasteiger partial charge in [-0.3, -0.25) is 4.79 Å². The Hall–Kier alpha value is -1.46. The van der Waals surface area contributed by atoms with Crippen LogP contribution < -0.4 is 10.2 Å². The number of quaternary nitrogens is 1. The van der Waals surface area contributed by atoms with E-state index in [1.54, 1.807) is 12.1 Å². The van der Waals surface area contributed by atoms with Gasteiger partial charge in [0.15, 0.2) is 6.54 Å². The Bertz CT molecular complexity index is 430. The van der Waals surface area contributed by atoms with Crippen LogP contribution in [0.3, 0.4) is 0 Å². The van der Waals surface area contributed by atoms with Gasteiger partial charge in [0.1, 0.15) is 18.5 Å². The molecule has 1 aliphatic heterocycles. The van der Waals surface area contributed by atoms with Crippen LogP contribution in [0.2, 0.25) is 0 Å². The zero-order chi connectivity index (χ0) is 14.4. The highest BCUT2D eigenvalue weighted by Gasteiger charge is 2.19. The van der Waals surface area contributed by atoms with Gasteiger partial charge in [-0.1, -0.05) is 0 Å². The summed E-state index contributed by atoms with van der Waals surface area (Å²) < 4.78 is 18.4.